The van der Waals surface area contributed by atoms with Crippen molar-refractivity contribution in [1.82, 2.24) is 4.90 Å². The number of benzene rings is 1. The Balaban J connectivity index is 1.99. The first kappa shape index (κ1) is 14.0. The topological polar surface area (TPSA) is 24.5 Å². The minimum absolute atomic E-state index is 0.0133. The van der Waals surface area contributed by atoms with Crippen LogP contribution in [0.15, 0.2) is 18.2 Å². The average Bonchev–Trinajstić information content (AvgIpc) is 2.36. The number of hydrogen-bond acceptors (Lipinski definition) is 3. The molecule has 6 heteroatoms. The van der Waals surface area contributed by atoms with Crippen LogP contribution in [0.4, 0.5) is 18.9 Å². The van der Waals surface area contributed by atoms with Crippen LogP contribution in [-0.2, 0) is 6.54 Å². The number of hydrogen-bond donors (Lipinski definition) is 1. The molecule has 1 aliphatic heterocycles. The summed E-state index contributed by atoms with van der Waals surface area (Å²) in [4.78, 5) is 1.65. The van der Waals surface area contributed by atoms with E-state index >= 15 is 0 Å². The van der Waals surface area contributed by atoms with Crippen molar-refractivity contribution >= 4 is 5.69 Å². The predicted octanol–water partition coefficient (Wildman–Crippen LogP) is 2.88. The number of halogens is 3. The predicted molar refractivity (Wildman–Crippen MR) is 67.4 cm³/mol. The van der Waals surface area contributed by atoms with Gasteiger partial charge >= 0.3 is 6.18 Å². The van der Waals surface area contributed by atoms with E-state index in [-0.39, 0.29) is 6.54 Å². The quantitative estimate of drug-likeness (QED) is 0.913. The third-order valence-corrected chi connectivity index (χ3v) is 2.98. The number of nitrogens with one attached hydrogen (secondary N) is 1. The van der Waals surface area contributed by atoms with Gasteiger partial charge in [-0.1, -0.05) is 12.1 Å². The van der Waals surface area contributed by atoms with Crippen molar-refractivity contribution in [2.75, 3.05) is 32.1 Å². The summed E-state index contributed by atoms with van der Waals surface area (Å²) in [5.74, 6) is 0.757. The number of para-hydroxylation sites is 1. The highest BCUT2D eigenvalue weighted by atomic mass is 19.4. The van der Waals surface area contributed by atoms with Crippen LogP contribution in [0.5, 0.6) is 5.75 Å². The summed E-state index contributed by atoms with van der Waals surface area (Å²) in [7, 11) is 1.68. The van der Waals surface area contributed by atoms with Gasteiger partial charge in [0.2, 0.25) is 0 Å². The van der Waals surface area contributed by atoms with E-state index in [4.69, 9.17) is 4.74 Å². The van der Waals surface area contributed by atoms with Crippen molar-refractivity contribution in [2.45, 2.75) is 19.1 Å². The highest BCUT2D eigenvalue weighted by Gasteiger charge is 2.27. The lowest BCUT2D eigenvalue weighted by Crippen LogP contribution is -2.25. The van der Waals surface area contributed by atoms with Gasteiger partial charge in [0.05, 0.1) is 12.1 Å². The summed E-state index contributed by atoms with van der Waals surface area (Å²) in [5, 5.41) is 3.21. The van der Waals surface area contributed by atoms with Crippen molar-refractivity contribution in [1.29, 1.82) is 0 Å². The largest absolute Gasteiger partial charge is 0.489 e. The third kappa shape index (κ3) is 4.02. The van der Waals surface area contributed by atoms with E-state index in [0.29, 0.717) is 13.2 Å². The Morgan fingerprint density at radius 1 is 1.37 bits per heavy atom. The van der Waals surface area contributed by atoms with Crippen molar-refractivity contribution in [3.05, 3.63) is 23.8 Å². The number of ether oxygens (including phenoxy) is 1. The fourth-order valence-electron chi connectivity index (χ4n) is 2.05. The molecule has 0 spiro atoms. The van der Waals surface area contributed by atoms with Gasteiger partial charge in [-0.2, -0.15) is 13.2 Å². The van der Waals surface area contributed by atoms with Gasteiger partial charge in [0.15, 0.2) is 0 Å². The molecular formula is C13H17F3N2O. The molecule has 3 nitrogen and oxygen atoms in total. The van der Waals surface area contributed by atoms with Crippen LogP contribution < -0.4 is 10.1 Å². The summed E-state index contributed by atoms with van der Waals surface area (Å²) in [6.45, 7) is 1.76. The van der Waals surface area contributed by atoms with Crippen LogP contribution >= 0.6 is 0 Å². The van der Waals surface area contributed by atoms with Gasteiger partial charge in [0, 0.05) is 25.2 Å². The van der Waals surface area contributed by atoms with Crippen molar-refractivity contribution in [3.63, 3.8) is 0 Å². The molecule has 0 aromatic heterocycles. The van der Waals surface area contributed by atoms with Gasteiger partial charge < -0.3 is 15.0 Å². The third-order valence-electron chi connectivity index (χ3n) is 2.98. The second-order valence-corrected chi connectivity index (χ2v) is 4.67. The van der Waals surface area contributed by atoms with Crippen LogP contribution in [0.3, 0.4) is 0 Å². The summed E-state index contributed by atoms with van der Waals surface area (Å²) in [6.07, 6.45) is -4.90. The summed E-state index contributed by atoms with van der Waals surface area (Å²) in [5.41, 5.74) is 1.82. The fourth-order valence-corrected chi connectivity index (χ4v) is 2.05. The molecule has 19 heavy (non-hydrogen) atoms. The molecule has 1 aromatic rings. The minimum atomic E-state index is -4.11. The van der Waals surface area contributed by atoms with Crippen LogP contribution in [0.1, 0.15) is 12.0 Å². The lowest BCUT2D eigenvalue weighted by atomic mass is 10.1. The molecule has 0 bridgehead atoms. The maximum atomic E-state index is 12.2. The van der Waals surface area contributed by atoms with Gasteiger partial charge in [-0.3, -0.25) is 0 Å². The molecule has 0 atom stereocenters. The highest BCUT2D eigenvalue weighted by molar-refractivity contribution is 5.61. The molecule has 0 fully saturated rings. The van der Waals surface area contributed by atoms with E-state index in [0.717, 1.165) is 23.5 Å². The highest BCUT2D eigenvalue weighted by Crippen LogP contribution is 2.32. The number of alkyl halides is 3. The van der Waals surface area contributed by atoms with Gasteiger partial charge in [-0.05, 0) is 13.1 Å². The molecule has 0 radical (unpaired) electrons. The van der Waals surface area contributed by atoms with Gasteiger partial charge in [-0.25, -0.2) is 0 Å². The molecule has 1 N–H and O–H groups in total. The Labute approximate surface area is 110 Å². The van der Waals surface area contributed by atoms with E-state index in [1.54, 1.807) is 11.9 Å². The average molecular weight is 274 g/mol. The second-order valence-electron chi connectivity index (χ2n) is 4.67. The normalized spacial score (nSPS) is 14.8. The SMILES string of the molecule is CN(CCC(F)(F)F)Cc1cccc2c1OCCN2. The standard InChI is InChI=1S/C13H17F3N2O/c1-18(7-5-13(14,15)16)9-10-3-2-4-11-12(10)19-8-6-17-11/h2-4,17H,5-9H2,1H3. The molecule has 1 heterocycles. The van der Waals surface area contributed by atoms with Gasteiger partial charge in [-0.15, -0.1) is 0 Å². The molecule has 106 valence electrons. The van der Waals surface area contributed by atoms with Crippen molar-refractivity contribution < 1.29 is 17.9 Å². The first-order valence-electron chi connectivity index (χ1n) is 6.19. The van der Waals surface area contributed by atoms with E-state index in [9.17, 15) is 13.2 Å². The molecule has 0 saturated heterocycles. The zero-order chi connectivity index (χ0) is 13.9. The summed E-state index contributed by atoms with van der Waals surface area (Å²) < 4.78 is 42.1. The van der Waals surface area contributed by atoms with Crippen LogP contribution in [0, 0.1) is 0 Å². The van der Waals surface area contributed by atoms with E-state index in [2.05, 4.69) is 5.32 Å². The summed E-state index contributed by atoms with van der Waals surface area (Å²) in [6, 6.07) is 5.68. The van der Waals surface area contributed by atoms with Crippen LogP contribution in [-0.4, -0.2) is 37.8 Å². The Morgan fingerprint density at radius 2 is 2.16 bits per heavy atom. The second kappa shape index (κ2) is 5.69. The fraction of sp³-hybridized carbons (Fsp3) is 0.538. The Kier molecular flexibility index (Phi) is 4.19. The van der Waals surface area contributed by atoms with Crippen molar-refractivity contribution in [3.8, 4) is 5.75 Å². The zero-order valence-electron chi connectivity index (χ0n) is 10.8. The lowest BCUT2D eigenvalue weighted by Gasteiger charge is -2.24. The van der Waals surface area contributed by atoms with Crippen molar-refractivity contribution in [2.24, 2.45) is 0 Å². The number of anilines is 1. The van der Waals surface area contributed by atoms with Gasteiger partial charge in [0.25, 0.3) is 0 Å². The molecule has 2 rings (SSSR count). The number of nitrogens with zero attached hydrogens (tertiary/aromatic N) is 1. The maximum absolute atomic E-state index is 12.2. The minimum Gasteiger partial charge on any atom is -0.489 e. The monoisotopic (exact) mass is 274 g/mol. The molecule has 0 saturated carbocycles. The number of fused-ring (bicyclic) bond motifs is 1. The van der Waals surface area contributed by atoms with Crippen LogP contribution in [0.25, 0.3) is 0 Å². The summed E-state index contributed by atoms with van der Waals surface area (Å²) >= 11 is 0. The molecule has 1 aromatic carbocycles. The maximum Gasteiger partial charge on any atom is 0.390 e. The molecule has 1 aliphatic rings. The first-order valence-corrected chi connectivity index (χ1v) is 6.19. The molecule has 0 unspecified atom stereocenters. The Morgan fingerprint density at radius 3 is 2.89 bits per heavy atom. The smallest absolute Gasteiger partial charge is 0.390 e. The van der Waals surface area contributed by atoms with Crippen LogP contribution in [0.2, 0.25) is 0 Å². The van der Waals surface area contributed by atoms with E-state index in [1.165, 1.54) is 0 Å². The molecule has 0 amide bonds. The Bertz CT molecular complexity index is 434. The van der Waals surface area contributed by atoms with Gasteiger partial charge in [0.1, 0.15) is 12.4 Å². The zero-order valence-corrected chi connectivity index (χ0v) is 10.8. The Hall–Kier alpha value is -1.43. The molecular weight excluding hydrogens is 257 g/mol. The first-order chi connectivity index (χ1) is 8.96. The molecule has 0 aliphatic carbocycles. The van der Waals surface area contributed by atoms with E-state index < -0.39 is 12.6 Å². The number of rotatable bonds is 4. The lowest BCUT2D eigenvalue weighted by molar-refractivity contribution is -0.137. The van der Waals surface area contributed by atoms with E-state index in [1.807, 2.05) is 18.2 Å².